The topological polar surface area (TPSA) is 153 Å². The van der Waals surface area contributed by atoms with Crippen molar-refractivity contribution in [2.24, 2.45) is 5.73 Å². The molecule has 2 aromatic heterocycles. The van der Waals surface area contributed by atoms with Crippen molar-refractivity contribution in [2.45, 2.75) is 36.8 Å². The van der Waals surface area contributed by atoms with Crippen molar-refractivity contribution < 1.29 is 33.3 Å². The third-order valence-electron chi connectivity index (χ3n) is 7.92. The van der Waals surface area contributed by atoms with Crippen LogP contribution in [0.4, 0.5) is 8.78 Å². The summed E-state index contributed by atoms with van der Waals surface area (Å²) in [4.78, 5) is 30.0. The SMILES string of the molecule is C[C@]1(C(N)=O)COc2c1cc(C(O)(CO)CNC(=O)c1cc(Cl)c3nn(C4CC4)cc3c1)nc2-c1cc(Cl)c(F)cc1F. The van der Waals surface area contributed by atoms with Crippen molar-refractivity contribution in [3.8, 4) is 17.0 Å². The molecule has 2 aromatic carbocycles. The van der Waals surface area contributed by atoms with Gasteiger partial charge in [0.2, 0.25) is 5.91 Å². The Kier molecular flexibility index (Phi) is 7.08. The molecule has 43 heavy (non-hydrogen) atoms. The van der Waals surface area contributed by atoms with Crippen LogP contribution in [0.3, 0.4) is 0 Å². The monoisotopic (exact) mass is 631 g/mol. The van der Waals surface area contributed by atoms with Gasteiger partial charge in [-0.25, -0.2) is 13.8 Å². The Morgan fingerprint density at radius 2 is 1.93 bits per heavy atom. The average molecular weight is 632 g/mol. The first-order chi connectivity index (χ1) is 20.3. The van der Waals surface area contributed by atoms with Gasteiger partial charge in [0.05, 0.1) is 34.9 Å². The number of ether oxygens (including phenoxy) is 1. The first-order valence-electron chi connectivity index (χ1n) is 13.3. The Labute approximate surface area is 253 Å². The molecule has 3 heterocycles. The first kappa shape index (κ1) is 29.2. The third-order valence-corrected chi connectivity index (χ3v) is 8.50. The number of hydrogen-bond donors (Lipinski definition) is 4. The van der Waals surface area contributed by atoms with Crippen LogP contribution in [0.5, 0.6) is 5.75 Å². The molecule has 1 saturated carbocycles. The minimum atomic E-state index is -2.23. The Bertz CT molecular complexity index is 1830. The number of nitrogens with two attached hydrogens (primary N) is 1. The van der Waals surface area contributed by atoms with Crippen molar-refractivity contribution in [1.29, 1.82) is 0 Å². The fraction of sp³-hybridized carbons (Fsp3) is 0.310. The number of amides is 2. The number of carbonyl (C=O) groups excluding carboxylic acids is 2. The Balaban J connectivity index is 1.37. The van der Waals surface area contributed by atoms with Crippen LogP contribution >= 0.6 is 23.2 Å². The molecule has 0 radical (unpaired) electrons. The van der Waals surface area contributed by atoms with Crippen molar-refractivity contribution in [2.75, 3.05) is 19.8 Å². The normalized spacial score (nSPS) is 19.1. The molecule has 2 amide bonds. The van der Waals surface area contributed by atoms with E-state index in [0.717, 1.165) is 18.9 Å². The molecular weight excluding hydrogens is 607 g/mol. The smallest absolute Gasteiger partial charge is 0.251 e. The minimum absolute atomic E-state index is 0.0226. The standard InChI is InChI=1S/C29H25Cl2F2N5O5/c1-28(27(34)41)12-43-25-17(28)7-22(36-24(25)16-6-18(30)21(33)8-20(16)32)29(42,11-39)10-35-26(40)13-4-14-9-38(15-2-3-15)37-23(14)19(31)5-13/h4-9,15,39,42H,2-3,10-12H2,1H3,(H2,34,41)(H,35,40)/t28-,29?/m0/s1. The van der Waals surface area contributed by atoms with E-state index < -0.39 is 52.6 Å². The lowest BCUT2D eigenvalue weighted by atomic mass is 9.82. The van der Waals surface area contributed by atoms with Crippen LogP contribution in [-0.2, 0) is 15.8 Å². The summed E-state index contributed by atoms with van der Waals surface area (Å²) >= 11 is 12.3. The summed E-state index contributed by atoms with van der Waals surface area (Å²) in [5, 5.41) is 29.5. The summed E-state index contributed by atoms with van der Waals surface area (Å²) in [6.07, 6.45) is 3.85. The van der Waals surface area contributed by atoms with Crippen LogP contribution in [0, 0.1) is 11.6 Å². The second-order valence-corrected chi connectivity index (χ2v) is 11.9. The predicted molar refractivity (Wildman–Crippen MR) is 153 cm³/mol. The highest BCUT2D eigenvalue weighted by Crippen LogP contribution is 2.46. The zero-order valence-electron chi connectivity index (χ0n) is 22.6. The summed E-state index contributed by atoms with van der Waals surface area (Å²) in [7, 11) is 0. The molecule has 6 rings (SSSR count). The highest BCUT2D eigenvalue weighted by atomic mass is 35.5. The number of fused-ring (bicyclic) bond motifs is 2. The zero-order valence-corrected chi connectivity index (χ0v) is 24.1. The van der Waals surface area contributed by atoms with E-state index in [0.29, 0.717) is 23.0 Å². The summed E-state index contributed by atoms with van der Waals surface area (Å²) in [6, 6.07) is 6.23. The largest absolute Gasteiger partial charge is 0.489 e. The third kappa shape index (κ3) is 4.97. The maximum absolute atomic E-state index is 15.0. The van der Waals surface area contributed by atoms with Gasteiger partial charge in [0, 0.05) is 34.3 Å². The number of rotatable bonds is 8. The molecule has 10 nitrogen and oxygen atoms in total. The first-order valence-corrected chi connectivity index (χ1v) is 14.0. The van der Waals surface area contributed by atoms with E-state index in [-0.39, 0.29) is 45.5 Å². The number of pyridine rings is 1. The fourth-order valence-electron chi connectivity index (χ4n) is 5.04. The van der Waals surface area contributed by atoms with E-state index in [1.54, 1.807) is 6.07 Å². The Morgan fingerprint density at radius 3 is 2.60 bits per heavy atom. The number of aromatic nitrogens is 3. The molecule has 0 saturated heterocycles. The number of halogens is 4. The predicted octanol–water partition coefficient (Wildman–Crippen LogP) is 3.76. The van der Waals surface area contributed by atoms with Gasteiger partial charge in [0.25, 0.3) is 5.91 Å². The molecule has 2 atom stereocenters. The lowest BCUT2D eigenvalue weighted by Crippen LogP contribution is -2.44. The number of nitrogens with one attached hydrogen (secondary N) is 1. The van der Waals surface area contributed by atoms with Gasteiger partial charge in [0.15, 0.2) is 0 Å². The molecular formula is C29H25Cl2F2N5O5. The number of aliphatic hydroxyl groups excluding tert-OH is 1. The number of carbonyl (C=O) groups is 2. The maximum atomic E-state index is 15.0. The van der Waals surface area contributed by atoms with Crippen LogP contribution in [0.25, 0.3) is 22.2 Å². The van der Waals surface area contributed by atoms with E-state index in [1.807, 2.05) is 10.9 Å². The van der Waals surface area contributed by atoms with Crippen LogP contribution in [0.1, 0.15) is 47.4 Å². The van der Waals surface area contributed by atoms with Crippen molar-refractivity contribution in [3.05, 3.63) is 75.0 Å². The number of primary amides is 1. The van der Waals surface area contributed by atoms with Gasteiger partial charge >= 0.3 is 0 Å². The van der Waals surface area contributed by atoms with E-state index in [2.05, 4.69) is 15.4 Å². The van der Waals surface area contributed by atoms with E-state index >= 15 is 4.39 Å². The van der Waals surface area contributed by atoms with Gasteiger partial charge in [-0.2, -0.15) is 5.10 Å². The lowest BCUT2D eigenvalue weighted by Gasteiger charge is -2.28. The van der Waals surface area contributed by atoms with Gasteiger partial charge in [-0.15, -0.1) is 0 Å². The minimum Gasteiger partial charge on any atom is -0.489 e. The summed E-state index contributed by atoms with van der Waals surface area (Å²) in [6.45, 7) is -0.215. The molecule has 1 aliphatic heterocycles. The Morgan fingerprint density at radius 1 is 1.19 bits per heavy atom. The number of nitrogens with zero attached hydrogens (tertiary/aromatic N) is 3. The van der Waals surface area contributed by atoms with Crippen molar-refractivity contribution in [1.82, 2.24) is 20.1 Å². The van der Waals surface area contributed by atoms with Crippen LogP contribution in [-0.4, -0.2) is 56.6 Å². The maximum Gasteiger partial charge on any atom is 0.251 e. The molecule has 0 bridgehead atoms. The van der Waals surface area contributed by atoms with E-state index in [9.17, 15) is 24.2 Å². The molecule has 1 fully saturated rings. The van der Waals surface area contributed by atoms with Gasteiger partial charge < -0.3 is 26.0 Å². The summed E-state index contributed by atoms with van der Waals surface area (Å²) < 4.78 is 36.5. The fourth-order valence-corrected chi connectivity index (χ4v) is 5.46. The van der Waals surface area contributed by atoms with E-state index in [4.69, 9.17) is 33.7 Å². The highest BCUT2D eigenvalue weighted by molar-refractivity contribution is 6.35. The molecule has 5 N–H and O–H groups in total. The number of aliphatic hydroxyl groups is 2. The Hall–Kier alpha value is -3.84. The molecule has 14 heteroatoms. The van der Waals surface area contributed by atoms with Crippen LogP contribution in [0.15, 0.2) is 36.5 Å². The van der Waals surface area contributed by atoms with Gasteiger partial charge in [-0.3, -0.25) is 14.3 Å². The molecule has 224 valence electrons. The van der Waals surface area contributed by atoms with Crippen LogP contribution < -0.4 is 15.8 Å². The van der Waals surface area contributed by atoms with Crippen molar-refractivity contribution >= 4 is 45.9 Å². The highest BCUT2D eigenvalue weighted by Gasteiger charge is 2.46. The molecule has 1 aliphatic carbocycles. The zero-order chi connectivity index (χ0) is 30.8. The van der Waals surface area contributed by atoms with Gasteiger partial charge in [0.1, 0.15) is 46.2 Å². The lowest BCUT2D eigenvalue weighted by molar-refractivity contribution is -0.123. The quantitative estimate of drug-likeness (QED) is 0.216. The molecule has 0 spiro atoms. The van der Waals surface area contributed by atoms with Crippen molar-refractivity contribution in [3.63, 3.8) is 0 Å². The van der Waals surface area contributed by atoms with Gasteiger partial charge in [-0.1, -0.05) is 23.2 Å². The molecule has 4 aromatic rings. The van der Waals surface area contributed by atoms with Crippen LogP contribution in [0.2, 0.25) is 10.0 Å². The second-order valence-electron chi connectivity index (χ2n) is 11.1. The average Bonchev–Trinajstić information content (AvgIpc) is 3.64. The molecule has 1 unspecified atom stereocenters. The summed E-state index contributed by atoms with van der Waals surface area (Å²) in [5.41, 5.74) is 2.19. The van der Waals surface area contributed by atoms with E-state index in [1.165, 1.54) is 19.1 Å². The summed E-state index contributed by atoms with van der Waals surface area (Å²) in [5.74, 6) is -3.46. The number of benzene rings is 2. The second kappa shape index (κ2) is 10.4. The van der Waals surface area contributed by atoms with Gasteiger partial charge in [-0.05, 0) is 44.0 Å². The molecule has 2 aliphatic rings. The number of hydrogen-bond acceptors (Lipinski definition) is 7.